The van der Waals surface area contributed by atoms with Crippen molar-refractivity contribution in [2.24, 2.45) is 7.05 Å². The van der Waals surface area contributed by atoms with Gasteiger partial charge in [0.25, 0.3) is 11.1 Å². The molecule has 134 valence electrons. The fourth-order valence-corrected chi connectivity index (χ4v) is 3.12. The first kappa shape index (κ1) is 17.4. The van der Waals surface area contributed by atoms with Gasteiger partial charge in [-0.05, 0) is 18.9 Å². The minimum absolute atomic E-state index is 0.0827. The van der Waals surface area contributed by atoms with Gasteiger partial charge < -0.3 is 9.47 Å². The monoisotopic (exact) mass is 343 g/mol. The second-order valence-corrected chi connectivity index (χ2v) is 7.67. The zero-order valence-electron chi connectivity index (χ0n) is 15.3. The van der Waals surface area contributed by atoms with E-state index in [1.54, 1.807) is 29.9 Å². The molecule has 2 aromatic rings. The molecule has 0 radical (unpaired) electrons. The summed E-state index contributed by atoms with van der Waals surface area (Å²) < 4.78 is 3.00. The molecule has 1 unspecified atom stereocenters. The van der Waals surface area contributed by atoms with Gasteiger partial charge in [0.15, 0.2) is 0 Å². The molecule has 1 fully saturated rings. The van der Waals surface area contributed by atoms with Crippen molar-refractivity contribution in [2.75, 3.05) is 11.4 Å². The summed E-state index contributed by atoms with van der Waals surface area (Å²) in [5.74, 6) is 0.672. The molecule has 0 saturated carbocycles. The van der Waals surface area contributed by atoms with E-state index < -0.39 is 0 Å². The first-order valence-corrected chi connectivity index (χ1v) is 8.64. The number of aromatic nitrogens is 4. The topological polar surface area (TPSA) is 73.0 Å². The maximum absolute atomic E-state index is 12.2. The molecule has 0 aromatic carbocycles. The number of aryl methyl sites for hydroxylation is 1. The van der Waals surface area contributed by atoms with E-state index in [1.165, 1.54) is 10.9 Å². The lowest BCUT2D eigenvalue weighted by Crippen LogP contribution is -2.39. The van der Waals surface area contributed by atoms with Crippen LogP contribution in [0.25, 0.3) is 0 Å². The molecule has 1 saturated heterocycles. The van der Waals surface area contributed by atoms with Gasteiger partial charge >= 0.3 is 0 Å². The maximum atomic E-state index is 12.2. The average Bonchev–Trinajstić information content (AvgIpc) is 2.99. The molecule has 0 N–H and O–H groups in total. The zero-order chi connectivity index (χ0) is 18.2. The largest absolute Gasteiger partial charge is 0.352 e. The Morgan fingerprint density at radius 1 is 1.20 bits per heavy atom. The van der Waals surface area contributed by atoms with Crippen LogP contribution >= 0.6 is 0 Å². The molecule has 1 aliphatic heterocycles. The van der Waals surface area contributed by atoms with E-state index in [9.17, 15) is 9.59 Å². The van der Waals surface area contributed by atoms with Crippen LogP contribution in [0.15, 0.2) is 34.1 Å². The van der Waals surface area contributed by atoms with Crippen LogP contribution in [0.2, 0.25) is 0 Å². The number of anilines is 1. The third-order valence-corrected chi connectivity index (χ3v) is 4.65. The fourth-order valence-electron chi connectivity index (χ4n) is 3.12. The highest BCUT2D eigenvalue weighted by Crippen LogP contribution is 2.24. The number of nitrogens with zero attached hydrogens (tertiary/aromatic N) is 5. The third kappa shape index (κ3) is 3.65. The van der Waals surface area contributed by atoms with Gasteiger partial charge in [-0.15, -0.1) is 0 Å². The smallest absolute Gasteiger partial charge is 0.266 e. The highest BCUT2D eigenvalue weighted by atomic mass is 16.1. The minimum atomic E-state index is -0.113. The molecule has 7 nitrogen and oxygen atoms in total. The second-order valence-electron chi connectivity index (χ2n) is 7.67. The molecule has 0 aliphatic carbocycles. The summed E-state index contributed by atoms with van der Waals surface area (Å²) in [7, 11) is 1.68. The van der Waals surface area contributed by atoms with Gasteiger partial charge in [0.1, 0.15) is 5.82 Å². The minimum Gasteiger partial charge on any atom is -0.352 e. The van der Waals surface area contributed by atoms with Crippen molar-refractivity contribution in [3.8, 4) is 0 Å². The van der Waals surface area contributed by atoms with Crippen molar-refractivity contribution in [3.05, 3.63) is 50.9 Å². The third-order valence-electron chi connectivity index (χ3n) is 4.65. The molecular formula is C18H25N5O2. The van der Waals surface area contributed by atoms with Crippen LogP contribution in [-0.4, -0.2) is 31.9 Å². The van der Waals surface area contributed by atoms with E-state index in [0.29, 0.717) is 12.4 Å². The summed E-state index contributed by atoms with van der Waals surface area (Å²) in [6, 6.07) is 5.05. The first-order chi connectivity index (χ1) is 11.8. The van der Waals surface area contributed by atoms with Crippen LogP contribution in [0, 0.1) is 0 Å². The van der Waals surface area contributed by atoms with Crippen LogP contribution in [0.4, 0.5) is 5.82 Å². The highest BCUT2D eigenvalue weighted by Gasteiger charge is 2.27. The quantitative estimate of drug-likeness (QED) is 0.840. The Hall–Kier alpha value is -2.44. The lowest BCUT2D eigenvalue weighted by atomic mass is 9.92. The summed E-state index contributed by atoms with van der Waals surface area (Å²) in [6.45, 7) is 7.57. The molecule has 0 bridgehead atoms. The van der Waals surface area contributed by atoms with Gasteiger partial charge in [0, 0.05) is 31.1 Å². The van der Waals surface area contributed by atoms with E-state index in [4.69, 9.17) is 0 Å². The number of hydrogen-bond donors (Lipinski definition) is 0. The van der Waals surface area contributed by atoms with E-state index in [1.807, 2.05) is 0 Å². The first-order valence-electron chi connectivity index (χ1n) is 8.64. The standard InChI is InChI=1S/C18H25N5O2/c1-18(2,3)14-7-8-16(24)23(20-14)11-13-6-5-9-22(13)15-10-17(25)21(4)12-19-15/h7-8,10,12-13H,5-6,9,11H2,1-4H3. The molecule has 7 heteroatoms. The van der Waals surface area contributed by atoms with Crippen molar-refractivity contribution in [2.45, 2.75) is 51.6 Å². The average molecular weight is 343 g/mol. The van der Waals surface area contributed by atoms with Crippen molar-refractivity contribution < 1.29 is 0 Å². The van der Waals surface area contributed by atoms with Gasteiger partial charge in [-0.3, -0.25) is 9.59 Å². The summed E-state index contributed by atoms with van der Waals surface area (Å²) in [5.41, 5.74) is 0.596. The van der Waals surface area contributed by atoms with E-state index in [2.05, 4.69) is 35.8 Å². The van der Waals surface area contributed by atoms with Crippen LogP contribution in [-0.2, 0) is 19.0 Å². The normalized spacial score (nSPS) is 17.9. The van der Waals surface area contributed by atoms with Gasteiger partial charge in [-0.1, -0.05) is 20.8 Å². The van der Waals surface area contributed by atoms with E-state index >= 15 is 0 Å². The maximum Gasteiger partial charge on any atom is 0.266 e. The molecule has 0 spiro atoms. The Kier molecular flexibility index (Phi) is 4.49. The SMILES string of the molecule is Cn1cnc(N2CCCC2Cn2nc(C(C)(C)C)ccc2=O)cc1=O. The van der Waals surface area contributed by atoms with Crippen LogP contribution in [0.1, 0.15) is 39.3 Å². The van der Waals surface area contributed by atoms with Crippen LogP contribution < -0.4 is 16.0 Å². The van der Waals surface area contributed by atoms with E-state index in [0.717, 1.165) is 25.1 Å². The van der Waals surface area contributed by atoms with Crippen LogP contribution in [0.3, 0.4) is 0 Å². The van der Waals surface area contributed by atoms with Gasteiger partial charge in [0.2, 0.25) is 0 Å². The molecule has 3 heterocycles. The molecule has 1 aliphatic rings. The highest BCUT2D eigenvalue weighted by molar-refractivity contribution is 5.39. The summed E-state index contributed by atoms with van der Waals surface area (Å²) >= 11 is 0. The summed E-state index contributed by atoms with van der Waals surface area (Å²) in [5, 5.41) is 4.56. The molecule has 0 amide bonds. The van der Waals surface area contributed by atoms with Crippen molar-refractivity contribution in [1.29, 1.82) is 0 Å². The van der Waals surface area contributed by atoms with Crippen molar-refractivity contribution in [1.82, 2.24) is 19.3 Å². The van der Waals surface area contributed by atoms with Crippen LogP contribution in [0.5, 0.6) is 0 Å². The lowest BCUT2D eigenvalue weighted by molar-refractivity contribution is 0.456. The van der Waals surface area contributed by atoms with E-state index in [-0.39, 0.29) is 22.6 Å². The van der Waals surface area contributed by atoms with Crippen molar-refractivity contribution in [3.63, 3.8) is 0 Å². The molecule has 1 atom stereocenters. The number of hydrogen-bond acceptors (Lipinski definition) is 5. The fraction of sp³-hybridized carbons (Fsp3) is 0.556. The van der Waals surface area contributed by atoms with Gasteiger partial charge in [0.05, 0.1) is 24.6 Å². The molecule has 2 aromatic heterocycles. The van der Waals surface area contributed by atoms with Gasteiger partial charge in [-0.2, -0.15) is 5.10 Å². The summed E-state index contributed by atoms with van der Waals surface area (Å²) in [4.78, 5) is 30.6. The molecule has 3 rings (SSSR count). The Morgan fingerprint density at radius 3 is 2.64 bits per heavy atom. The predicted octanol–water partition coefficient (Wildman–Crippen LogP) is 1.30. The predicted molar refractivity (Wildman–Crippen MR) is 97.0 cm³/mol. The number of rotatable bonds is 3. The Labute approximate surface area is 146 Å². The van der Waals surface area contributed by atoms with Gasteiger partial charge in [-0.25, -0.2) is 9.67 Å². The Bertz CT molecular complexity index is 878. The second kappa shape index (κ2) is 6.46. The lowest BCUT2D eigenvalue weighted by Gasteiger charge is -2.26. The Morgan fingerprint density at radius 2 is 1.96 bits per heavy atom. The molecule has 25 heavy (non-hydrogen) atoms. The van der Waals surface area contributed by atoms with Crippen molar-refractivity contribution >= 4 is 5.82 Å². The molecular weight excluding hydrogens is 318 g/mol. The summed E-state index contributed by atoms with van der Waals surface area (Å²) in [6.07, 6.45) is 3.50. The Balaban J connectivity index is 1.88. The zero-order valence-corrected chi connectivity index (χ0v) is 15.3.